The summed E-state index contributed by atoms with van der Waals surface area (Å²) < 4.78 is 1.56. The van der Waals surface area contributed by atoms with Crippen LogP contribution in [0.1, 0.15) is 13.3 Å². The Balaban J connectivity index is 2.44. The van der Waals surface area contributed by atoms with Crippen molar-refractivity contribution in [1.82, 2.24) is 25.5 Å². The summed E-state index contributed by atoms with van der Waals surface area (Å²) in [7, 11) is 1.75. The zero-order chi connectivity index (χ0) is 12.0. The van der Waals surface area contributed by atoms with Gasteiger partial charge in [-0.2, -0.15) is 0 Å². The number of nitrogens with one attached hydrogen (secondary N) is 1. The Labute approximate surface area is 98.1 Å². The van der Waals surface area contributed by atoms with Crippen molar-refractivity contribution in [3.05, 3.63) is 0 Å². The van der Waals surface area contributed by atoms with E-state index >= 15 is 0 Å². The van der Waals surface area contributed by atoms with Crippen LogP contribution in [0.4, 0.5) is 0 Å². The van der Waals surface area contributed by atoms with Crippen molar-refractivity contribution in [3.8, 4) is 0 Å². The molecule has 0 bridgehead atoms. The summed E-state index contributed by atoms with van der Waals surface area (Å²) in [4.78, 5) is 11.1. The van der Waals surface area contributed by atoms with Crippen molar-refractivity contribution < 1.29 is 4.79 Å². The van der Waals surface area contributed by atoms with Gasteiger partial charge in [-0.05, 0) is 23.4 Å². The van der Waals surface area contributed by atoms with Crippen molar-refractivity contribution in [2.24, 2.45) is 12.8 Å². The predicted molar refractivity (Wildman–Crippen MR) is 60.8 cm³/mol. The first-order chi connectivity index (χ1) is 7.65. The summed E-state index contributed by atoms with van der Waals surface area (Å²) in [5.41, 5.74) is 5.28. The lowest BCUT2D eigenvalue weighted by atomic mass is 10.3. The van der Waals surface area contributed by atoms with Crippen LogP contribution in [0.15, 0.2) is 5.16 Å². The zero-order valence-corrected chi connectivity index (χ0v) is 10.2. The fourth-order valence-corrected chi connectivity index (χ4v) is 1.98. The summed E-state index contributed by atoms with van der Waals surface area (Å²) in [5.74, 6) is 0.180. The second kappa shape index (κ2) is 6.44. The van der Waals surface area contributed by atoms with Crippen molar-refractivity contribution in [3.63, 3.8) is 0 Å². The van der Waals surface area contributed by atoms with Gasteiger partial charge in [0, 0.05) is 12.8 Å². The van der Waals surface area contributed by atoms with Gasteiger partial charge in [0.2, 0.25) is 11.1 Å². The molecule has 16 heavy (non-hydrogen) atoms. The molecule has 8 heteroatoms. The van der Waals surface area contributed by atoms with Gasteiger partial charge >= 0.3 is 0 Å². The molecule has 1 aromatic rings. The fourth-order valence-electron chi connectivity index (χ4n) is 1.06. The number of aryl methyl sites for hydroxylation is 1. The number of nitrogens with two attached hydrogens (primary N) is 1. The van der Waals surface area contributed by atoms with Crippen LogP contribution >= 0.6 is 11.8 Å². The Bertz CT molecular complexity index is 341. The highest BCUT2D eigenvalue weighted by Crippen LogP contribution is 2.13. The molecule has 1 aromatic heterocycles. The van der Waals surface area contributed by atoms with Crippen LogP contribution in [0.25, 0.3) is 0 Å². The first-order valence-corrected chi connectivity index (χ1v) is 6.01. The minimum absolute atomic E-state index is 0.346. The number of primary amides is 1. The molecule has 1 atom stereocenters. The number of nitrogens with zero attached hydrogens (tertiary/aromatic N) is 4. The molecule has 0 saturated heterocycles. The minimum atomic E-state index is -0.351. The number of amides is 1. The minimum Gasteiger partial charge on any atom is -0.368 e. The first kappa shape index (κ1) is 12.9. The van der Waals surface area contributed by atoms with Crippen molar-refractivity contribution in [1.29, 1.82) is 0 Å². The predicted octanol–water partition coefficient (Wildman–Crippen LogP) is -0.844. The molecule has 1 amide bonds. The van der Waals surface area contributed by atoms with Gasteiger partial charge in [0.25, 0.3) is 0 Å². The van der Waals surface area contributed by atoms with Gasteiger partial charge in [-0.25, -0.2) is 4.68 Å². The van der Waals surface area contributed by atoms with E-state index in [4.69, 9.17) is 5.73 Å². The zero-order valence-electron chi connectivity index (χ0n) is 9.38. The molecule has 0 aromatic carbocycles. The normalized spacial score (nSPS) is 12.6. The lowest BCUT2D eigenvalue weighted by Gasteiger charge is -2.13. The number of thioether (sulfide) groups is 1. The Kier molecular flexibility index (Phi) is 5.20. The van der Waals surface area contributed by atoms with Gasteiger partial charge in [0.05, 0.1) is 6.04 Å². The number of carbonyl (C=O) groups excluding carboxylic acids is 1. The fraction of sp³-hybridized carbons (Fsp3) is 0.750. The van der Waals surface area contributed by atoms with Crippen LogP contribution in [0.3, 0.4) is 0 Å². The third kappa shape index (κ3) is 3.78. The van der Waals surface area contributed by atoms with Gasteiger partial charge in [-0.15, -0.1) is 5.10 Å². The van der Waals surface area contributed by atoms with Crippen molar-refractivity contribution >= 4 is 17.7 Å². The maximum Gasteiger partial charge on any atom is 0.235 e. The lowest BCUT2D eigenvalue weighted by molar-refractivity contribution is -0.119. The Hall–Kier alpha value is -1.15. The summed E-state index contributed by atoms with van der Waals surface area (Å²) in [6, 6.07) is -0.346. The molecule has 0 spiro atoms. The Morgan fingerprint density at radius 3 is 2.94 bits per heavy atom. The SMILES string of the molecule is CCCNC(CSc1nnnn1C)C(N)=O. The molecule has 1 rings (SSSR count). The van der Waals surface area contributed by atoms with E-state index in [9.17, 15) is 4.79 Å². The van der Waals surface area contributed by atoms with Gasteiger partial charge < -0.3 is 11.1 Å². The molecule has 1 heterocycles. The average Bonchev–Trinajstić information content (AvgIpc) is 2.64. The van der Waals surface area contributed by atoms with Crippen LogP contribution in [0.5, 0.6) is 0 Å². The Morgan fingerprint density at radius 1 is 1.69 bits per heavy atom. The second-order valence-corrected chi connectivity index (χ2v) is 4.29. The van der Waals surface area contributed by atoms with Crippen LogP contribution in [-0.4, -0.2) is 44.5 Å². The largest absolute Gasteiger partial charge is 0.368 e. The second-order valence-electron chi connectivity index (χ2n) is 3.31. The third-order valence-electron chi connectivity index (χ3n) is 1.94. The molecular weight excluding hydrogens is 228 g/mol. The summed E-state index contributed by atoms with van der Waals surface area (Å²) in [6.07, 6.45) is 0.958. The van der Waals surface area contributed by atoms with Gasteiger partial charge in [-0.3, -0.25) is 4.79 Å². The number of rotatable bonds is 7. The van der Waals surface area contributed by atoms with E-state index in [0.29, 0.717) is 10.9 Å². The Morgan fingerprint density at radius 2 is 2.44 bits per heavy atom. The maximum absolute atomic E-state index is 11.1. The molecule has 0 saturated carbocycles. The van der Waals surface area contributed by atoms with Crippen molar-refractivity contribution in [2.45, 2.75) is 24.5 Å². The smallest absolute Gasteiger partial charge is 0.235 e. The topological polar surface area (TPSA) is 98.7 Å². The first-order valence-electron chi connectivity index (χ1n) is 5.03. The number of hydrogen-bond acceptors (Lipinski definition) is 6. The molecular formula is C8H16N6OS. The quantitative estimate of drug-likeness (QED) is 0.607. The monoisotopic (exact) mass is 244 g/mol. The molecule has 0 radical (unpaired) electrons. The van der Waals surface area contributed by atoms with E-state index in [-0.39, 0.29) is 11.9 Å². The van der Waals surface area contributed by atoms with E-state index < -0.39 is 0 Å². The number of tetrazole rings is 1. The molecule has 1 unspecified atom stereocenters. The number of carbonyl (C=O) groups is 1. The van der Waals surface area contributed by atoms with Crippen molar-refractivity contribution in [2.75, 3.05) is 12.3 Å². The number of aromatic nitrogens is 4. The highest BCUT2D eigenvalue weighted by molar-refractivity contribution is 7.99. The van der Waals surface area contributed by atoms with Crippen LogP contribution in [0, 0.1) is 0 Å². The lowest BCUT2D eigenvalue weighted by Crippen LogP contribution is -2.43. The molecule has 7 nitrogen and oxygen atoms in total. The number of hydrogen-bond donors (Lipinski definition) is 2. The van der Waals surface area contributed by atoms with E-state index in [0.717, 1.165) is 13.0 Å². The molecule has 3 N–H and O–H groups in total. The summed E-state index contributed by atoms with van der Waals surface area (Å²) in [6.45, 7) is 2.80. The third-order valence-corrected chi connectivity index (χ3v) is 3.05. The van der Waals surface area contributed by atoms with E-state index in [1.54, 1.807) is 11.7 Å². The van der Waals surface area contributed by atoms with Gasteiger partial charge in [0.1, 0.15) is 0 Å². The average molecular weight is 244 g/mol. The highest BCUT2D eigenvalue weighted by Gasteiger charge is 2.16. The molecule has 0 aliphatic carbocycles. The summed E-state index contributed by atoms with van der Waals surface area (Å²) in [5, 5.41) is 14.8. The van der Waals surface area contributed by atoms with E-state index in [1.807, 2.05) is 6.92 Å². The standard InChI is InChI=1S/C8H16N6OS/c1-3-4-10-6(7(9)15)5-16-8-11-12-13-14(8)2/h6,10H,3-5H2,1-2H3,(H2,9,15). The van der Waals surface area contributed by atoms with Gasteiger partial charge in [-0.1, -0.05) is 18.7 Å². The molecule has 0 fully saturated rings. The molecule has 90 valence electrons. The van der Waals surface area contributed by atoms with Crippen LogP contribution in [0.2, 0.25) is 0 Å². The maximum atomic E-state index is 11.1. The van der Waals surface area contributed by atoms with E-state index in [2.05, 4.69) is 20.8 Å². The highest BCUT2D eigenvalue weighted by atomic mass is 32.2. The molecule has 0 aliphatic rings. The van der Waals surface area contributed by atoms with Crippen LogP contribution < -0.4 is 11.1 Å². The van der Waals surface area contributed by atoms with Crippen LogP contribution in [-0.2, 0) is 11.8 Å². The van der Waals surface area contributed by atoms with Gasteiger partial charge in [0.15, 0.2) is 0 Å². The van der Waals surface area contributed by atoms with E-state index in [1.165, 1.54) is 11.8 Å². The molecule has 0 aliphatic heterocycles. The summed E-state index contributed by atoms with van der Waals surface area (Å²) >= 11 is 1.40.